The smallest absolute Gasteiger partial charge is 0.270 e. The van der Waals surface area contributed by atoms with Gasteiger partial charge in [0.1, 0.15) is 6.61 Å². The van der Waals surface area contributed by atoms with Crippen LogP contribution in [0.4, 0.5) is 5.69 Å². The molecule has 2 aromatic carbocycles. The highest BCUT2D eigenvalue weighted by Gasteiger charge is 2.11. The highest BCUT2D eigenvalue weighted by molar-refractivity contribution is 6.37. The third-order valence-corrected chi connectivity index (χ3v) is 4.11. The van der Waals surface area contributed by atoms with Crippen molar-refractivity contribution < 1.29 is 9.66 Å². The average molecular weight is 380 g/mol. The summed E-state index contributed by atoms with van der Waals surface area (Å²) in [4.78, 5) is 26.9. The van der Waals surface area contributed by atoms with E-state index < -0.39 is 4.92 Å². The van der Waals surface area contributed by atoms with Gasteiger partial charge in [-0.3, -0.25) is 19.5 Å². The van der Waals surface area contributed by atoms with Crippen LogP contribution in [0, 0.1) is 10.1 Å². The van der Waals surface area contributed by atoms with Crippen LogP contribution in [-0.2, 0) is 6.54 Å². The maximum atomic E-state index is 12.5. The fourth-order valence-electron chi connectivity index (χ4n) is 2.29. The maximum absolute atomic E-state index is 12.5. The molecule has 25 heavy (non-hydrogen) atoms. The minimum Gasteiger partial charge on any atom is -0.489 e. The molecule has 0 unspecified atom stereocenters. The van der Waals surface area contributed by atoms with Gasteiger partial charge in [-0.05, 0) is 18.2 Å². The minimum absolute atomic E-state index is 0.130. The standard InChI is InChI=1S/C16H11Cl2N3O4/c17-12-2-1-3-13(18)15(12)25-7-6-20-9-19-14-5-4-10(21(23)24)8-11(14)16(20)22/h1-5,8-9H,6-7H2. The Morgan fingerprint density at radius 1 is 1.20 bits per heavy atom. The van der Waals surface area contributed by atoms with Crippen molar-refractivity contribution in [3.8, 4) is 5.75 Å². The first-order valence-corrected chi connectivity index (χ1v) is 7.93. The lowest BCUT2D eigenvalue weighted by Crippen LogP contribution is -2.23. The predicted molar refractivity (Wildman–Crippen MR) is 94.6 cm³/mol. The van der Waals surface area contributed by atoms with E-state index >= 15 is 0 Å². The monoisotopic (exact) mass is 379 g/mol. The van der Waals surface area contributed by atoms with Crippen molar-refractivity contribution in [1.82, 2.24) is 9.55 Å². The van der Waals surface area contributed by atoms with Crippen molar-refractivity contribution in [2.24, 2.45) is 0 Å². The molecule has 1 aromatic heterocycles. The number of nitro groups is 1. The summed E-state index contributed by atoms with van der Waals surface area (Å²) in [7, 11) is 0. The lowest BCUT2D eigenvalue weighted by atomic mass is 10.2. The van der Waals surface area contributed by atoms with Gasteiger partial charge in [0.05, 0.1) is 38.7 Å². The quantitative estimate of drug-likeness (QED) is 0.498. The van der Waals surface area contributed by atoms with Crippen molar-refractivity contribution in [2.75, 3.05) is 6.61 Å². The van der Waals surface area contributed by atoms with E-state index in [9.17, 15) is 14.9 Å². The number of fused-ring (bicyclic) bond motifs is 1. The second kappa shape index (κ2) is 7.08. The van der Waals surface area contributed by atoms with Gasteiger partial charge in [-0.2, -0.15) is 0 Å². The molecular weight excluding hydrogens is 369 g/mol. The van der Waals surface area contributed by atoms with Crippen LogP contribution in [-0.4, -0.2) is 21.1 Å². The molecule has 0 aliphatic heterocycles. The summed E-state index contributed by atoms with van der Waals surface area (Å²) in [5, 5.41) is 11.8. The van der Waals surface area contributed by atoms with Crippen molar-refractivity contribution in [3.05, 3.63) is 73.2 Å². The van der Waals surface area contributed by atoms with Crippen LogP contribution >= 0.6 is 23.2 Å². The number of nitro benzene ring substituents is 1. The largest absolute Gasteiger partial charge is 0.489 e. The van der Waals surface area contributed by atoms with Gasteiger partial charge >= 0.3 is 0 Å². The van der Waals surface area contributed by atoms with Crippen molar-refractivity contribution >= 4 is 39.8 Å². The van der Waals surface area contributed by atoms with Gasteiger partial charge in [0, 0.05) is 12.1 Å². The van der Waals surface area contributed by atoms with Crippen LogP contribution < -0.4 is 10.3 Å². The summed E-state index contributed by atoms with van der Waals surface area (Å²) in [5.41, 5.74) is -0.160. The molecule has 7 nitrogen and oxygen atoms in total. The molecule has 0 saturated heterocycles. The number of nitrogens with zero attached hydrogens (tertiary/aromatic N) is 3. The lowest BCUT2D eigenvalue weighted by Gasteiger charge is -2.11. The van der Waals surface area contributed by atoms with Crippen molar-refractivity contribution in [1.29, 1.82) is 0 Å². The summed E-state index contributed by atoms with van der Waals surface area (Å²) < 4.78 is 6.86. The molecule has 0 saturated carbocycles. The zero-order valence-corrected chi connectivity index (χ0v) is 14.2. The van der Waals surface area contributed by atoms with Gasteiger partial charge in [-0.15, -0.1) is 0 Å². The Morgan fingerprint density at radius 2 is 1.92 bits per heavy atom. The fraction of sp³-hybridized carbons (Fsp3) is 0.125. The van der Waals surface area contributed by atoms with Gasteiger partial charge in [0.2, 0.25) is 0 Å². The molecule has 0 atom stereocenters. The summed E-state index contributed by atoms with van der Waals surface area (Å²) in [5.74, 6) is 0.336. The molecule has 0 bridgehead atoms. The van der Waals surface area contributed by atoms with Crippen molar-refractivity contribution in [3.63, 3.8) is 0 Å². The van der Waals surface area contributed by atoms with Gasteiger partial charge in [0.25, 0.3) is 11.2 Å². The van der Waals surface area contributed by atoms with Crippen LogP contribution in [0.15, 0.2) is 47.5 Å². The zero-order chi connectivity index (χ0) is 18.0. The van der Waals surface area contributed by atoms with E-state index in [0.717, 1.165) is 0 Å². The summed E-state index contributed by atoms with van der Waals surface area (Å²) in [6.45, 7) is 0.317. The third kappa shape index (κ3) is 3.57. The van der Waals surface area contributed by atoms with E-state index in [-0.39, 0.29) is 29.8 Å². The van der Waals surface area contributed by atoms with Crippen LogP contribution in [0.5, 0.6) is 5.75 Å². The first kappa shape index (κ1) is 17.2. The Bertz CT molecular complexity index is 1000. The Balaban J connectivity index is 1.83. The van der Waals surface area contributed by atoms with Gasteiger partial charge in [-0.25, -0.2) is 4.98 Å². The number of non-ortho nitro benzene ring substituents is 1. The highest BCUT2D eigenvalue weighted by Crippen LogP contribution is 2.32. The van der Waals surface area contributed by atoms with E-state index in [0.29, 0.717) is 21.3 Å². The van der Waals surface area contributed by atoms with E-state index in [1.807, 2.05) is 0 Å². The van der Waals surface area contributed by atoms with Crippen molar-refractivity contribution in [2.45, 2.75) is 6.54 Å². The molecule has 1 heterocycles. The topological polar surface area (TPSA) is 87.3 Å². The summed E-state index contributed by atoms with van der Waals surface area (Å²) >= 11 is 12.0. The first-order chi connectivity index (χ1) is 12.0. The number of halogens is 2. The van der Waals surface area contributed by atoms with Gasteiger partial charge < -0.3 is 4.74 Å². The second-order valence-corrected chi connectivity index (χ2v) is 5.92. The third-order valence-electron chi connectivity index (χ3n) is 3.52. The van der Waals surface area contributed by atoms with Crippen LogP contribution in [0.2, 0.25) is 10.0 Å². The van der Waals surface area contributed by atoms with Gasteiger partial charge in [-0.1, -0.05) is 29.3 Å². The number of hydrogen-bond acceptors (Lipinski definition) is 5. The Morgan fingerprint density at radius 3 is 2.60 bits per heavy atom. The normalized spacial score (nSPS) is 10.8. The van der Waals surface area contributed by atoms with Crippen LogP contribution in [0.1, 0.15) is 0 Å². The molecule has 0 spiro atoms. The van der Waals surface area contributed by atoms with Gasteiger partial charge in [0.15, 0.2) is 5.75 Å². The molecule has 9 heteroatoms. The number of hydrogen-bond donors (Lipinski definition) is 0. The van der Waals surface area contributed by atoms with E-state index in [1.54, 1.807) is 18.2 Å². The molecule has 0 radical (unpaired) electrons. The molecule has 0 N–H and O–H groups in total. The SMILES string of the molecule is O=c1c2cc([N+](=O)[O-])ccc2ncn1CCOc1c(Cl)cccc1Cl. The summed E-state index contributed by atoms with van der Waals surface area (Å²) in [6.07, 6.45) is 1.37. The minimum atomic E-state index is -0.557. The Hall–Kier alpha value is -2.64. The number of aromatic nitrogens is 2. The Kier molecular flexibility index (Phi) is 4.87. The molecule has 0 aliphatic rings. The lowest BCUT2D eigenvalue weighted by molar-refractivity contribution is -0.384. The zero-order valence-electron chi connectivity index (χ0n) is 12.7. The van der Waals surface area contributed by atoms with Crippen LogP contribution in [0.3, 0.4) is 0 Å². The Labute approximate surface area is 151 Å². The fourth-order valence-corrected chi connectivity index (χ4v) is 2.79. The van der Waals surface area contributed by atoms with E-state index in [4.69, 9.17) is 27.9 Å². The molecule has 3 aromatic rings. The molecule has 3 rings (SSSR count). The van der Waals surface area contributed by atoms with E-state index in [2.05, 4.69) is 4.98 Å². The molecule has 128 valence electrons. The first-order valence-electron chi connectivity index (χ1n) is 7.18. The molecule has 0 fully saturated rings. The number of rotatable bonds is 5. The highest BCUT2D eigenvalue weighted by atomic mass is 35.5. The number of para-hydroxylation sites is 1. The number of benzene rings is 2. The second-order valence-electron chi connectivity index (χ2n) is 5.10. The molecule has 0 amide bonds. The summed E-state index contributed by atoms with van der Waals surface area (Å²) in [6, 6.07) is 8.95. The average Bonchev–Trinajstić information content (AvgIpc) is 2.59. The maximum Gasteiger partial charge on any atom is 0.270 e. The van der Waals surface area contributed by atoms with Crippen LogP contribution in [0.25, 0.3) is 10.9 Å². The van der Waals surface area contributed by atoms with E-state index in [1.165, 1.54) is 29.1 Å². The molecule has 0 aliphatic carbocycles. The molecular formula is C16H11Cl2N3O4. The number of ether oxygens (including phenoxy) is 1. The predicted octanol–water partition coefficient (Wildman–Crippen LogP) is 3.69.